The SMILES string of the molecule is CC(C)C1C(=O)NCC(=O)N1CC(C)(C)C(C)C. The summed E-state index contributed by atoms with van der Waals surface area (Å²) < 4.78 is 0. The van der Waals surface area contributed by atoms with E-state index in [1.807, 2.05) is 13.8 Å². The molecule has 1 heterocycles. The standard InChI is InChI=1S/C14H26N2O2/c1-9(2)12-13(18)15-7-11(17)16(12)8-14(5,6)10(3)4/h9-10,12H,7-8H2,1-6H3,(H,15,18). The molecule has 0 aromatic rings. The van der Waals surface area contributed by atoms with Crippen LogP contribution in [0.25, 0.3) is 0 Å². The zero-order valence-electron chi connectivity index (χ0n) is 12.4. The number of hydrogen-bond donors (Lipinski definition) is 1. The summed E-state index contributed by atoms with van der Waals surface area (Å²) in [7, 11) is 0. The van der Waals surface area contributed by atoms with Gasteiger partial charge in [0.1, 0.15) is 6.04 Å². The minimum Gasteiger partial charge on any atom is -0.345 e. The van der Waals surface area contributed by atoms with E-state index in [4.69, 9.17) is 0 Å². The second-order valence-electron chi connectivity index (χ2n) is 6.57. The molecule has 1 unspecified atom stereocenters. The fraction of sp³-hybridized carbons (Fsp3) is 0.857. The van der Waals surface area contributed by atoms with Gasteiger partial charge in [-0.2, -0.15) is 0 Å². The zero-order chi connectivity index (χ0) is 14.1. The Bertz CT molecular complexity index is 335. The summed E-state index contributed by atoms with van der Waals surface area (Å²) in [5.74, 6) is 0.603. The lowest BCUT2D eigenvalue weighted by Gasteiger charge is -2.43. The van der Waals surface area contributed by atoms with Gasteiger partial charge in [0.05, 0.1) is 6.54 Å². The highest BCUT2D eigenvalue weighted by Crippen LogP contribution is 2.29. The van der Waals surface area contributed by atoms with Crippen molar-refractivity contribution in [3.8, 4) is 0 Å². The third kappa shape index (κ3) is 3.03. The summed E-state index contributed by atoms with van der Waals surface area (Å²) >= 11 is 0. The van der Waals surface area contributed by atoms with E-state index >= 15 is 0 Å². The van der Waals surface area contributed by atoms with Crippen LogP contribution in [0.15, 0.2) is 0 Å². The molecule has 18 heavy (non-hydrogen) atoms. The second-order valence-corrected chi connectivity index (χ2v) is 6.57. The lowest BCUT2D eigenvalue weighted by atomic mass is 9.80. The molecule has 0 aromatic carbocycles. The normalized spacial score (nSPS) is 21.8. The number of piperazine rings is 1. The van der Waals surface area contributed by atoms with Crippen LogP contribution in [0.1, 0.15) is 41.5 Å². The van der Waals surface area contributed by atoms with Gasteiger partial charge in [-0.1, -0.05) is 41.5 Å². The largest absolute Gasteiger partial charge is 0.345 e. The van der Waals surface area contributed by atoms with Gasteiger partial charge in [0.15, 0.2) is 0 Å². The van der Waals surface area contributed by atoms with E-state index in [-0.39, 0.29) is 35.7 Å². The molecular weight excluding hydrogens is 228 g/mol. The molecule has 1 aliphatic heterocycles. The van der Waals surface area contributed by atoms with Crippen molar-refractivity contribution in [2.24, 2.45) is 17.3 Å². The molecule has 1 saturated heterocycles. The van der Waals surface area contributed by atoms with E-state index in [9.17, 15) is 9.59 Å². The maximum Gasteiger partial charge on any atom is 0.243 e. The number of amides is 2. The number of nitrogens with zero attached hydrogens (tertiary/aromatic N) is 1. The minimum absolute atomic E-state index is 0.0143. The number of nitrogens with one attached hydrogen (secondary N) is 1. The first-order valence-corrected chi connectivity index (χ1v) is 6.74. The Morgan fingerprint density at radius 1 is 1.28 bits per heavy atom. The van der Waals surface area contributed by atoms with Crippen molar-refractivity contribution in [3.05, 3.63) is 0 Å². The molecule has 1 rings (SSSR count). The van der Waals surface area contributed by atoms with Crippen molar-refractivity contribution >= 4 is 11.8 Å². The van der Waals surface area contributed by atoms with Crippen molar-refractivity contribution in [2.75, 3.05) is 13.1 Å². The van der Waals surface area contributed by atoms with Gasteiger partial charge in [-0.05, 0) is 17.3 Å². The minimum atomic E-state index is -0.329. The van der Waals surface area contributed by atoms with E-state index in [0.29, 0.717) is 12.5 Å². The monoisotopic (exact) mass is 254 g/mol. The molecule has 104 valence electrons. The van der Waals surface area contributed by atoms with Crippen molar-refractivity contribution < 1.29 is 9.59 Å². The Kier molecular flexibility index (Phi) is 4.41. The predicted octanol–water partition coefficient (Wildman–Crippen LogP) is 1.65. The molecular formula is C14H26N2O2. The average Bonchev–Trinajstić information content (AvgIpc) is 2.22. The first-order valence-electron chi connectivity index (χ1n) is 6.74. The smallest absolute Gasteiger partial charge is 0.243 e. The molecule has 4 nitrogen and oxygen atoms in total. The summed E-state index contributed by atoms with van der Waals surface area (Å²) in [4.78, 5) is 25.8. The van der Waals surface area contributed by atoms with Gasteiger partial charge in [0.25, 0.3) is 0 Å². The quantitative estimate of drug-likeness (QED) is 0.829. The first kappa shape index (κ1) is 15.0. The summed E-state index contributed by atoms with van der Waals surface area (Å²) in [6.45, 7) is 13.3. The highest BCUT2D eigenvalue weighted by molar-refractivity contribution is 5.95. The third-order valence-corrected chi connectivity index (χ3v) is 4.11. The summed E-state index contributed by atoms with van der Waals surface area (Å²) in [6, 6.07) is -0.329. The van der Waals surface area contributed by atoms with Crippen LogP contribution in [0.2, 0.25) is 0 Å². The van der Waals surface area contributed by atoms with Gasteiger partial charge in [-0.3, -0.25) is 9.59 Å². The number of rotatable bonds is 4. The first-order chi connectivity index (χ1) is 8.16. The topological polar surface area (TPSA) is 49.4 Å². The van der Waals surface area contributed by atoms with Crippen LogP contribution in [-0.4, -0.2) is 35.8 Å². The van der Waals surface area contributed by atoms with Crippen LogP contribution >= 0.6 is 0 Å². The van der Waals surface area contributed by atoms with Crippen molar-refractivity contribution in [2.45, 2.75) is 47.6 Å². The number of carbonyl (C=O) groups excluding carboxylic acids is 2. The van der Waals surface area contributed by atoms with E-state index in [1.54, 1.807) is 4.90 Å². The molecule has 0 aromatic heterocycles. The Hall–Kier alpha value is -1.06. The second kappa shape index (κ2) is 5.29. The van der Waals surface area contributed by atoms with Gasteiger partial charge in [0, 0.05) is 6.54 Å². The molecule has 2 amide bonds. The molecule has 1 fully saturated rings. The Morgan fingerprint density at radius 3 is 2.28 bits per heavy atom. The molecule has 4 heteroatoms. The highest BCUT2D eigenvalue weighted by atomic mass is 16.2. The Labute approximate surface area is 110 Å². The zero-order valence-corrected chi connectivity index (χ0v) is 12.4. The van der Waals surface area contributed by atoms with Crippen LogP contribution in [0.5, 0.6) is 0 Å². The summed E-state index contributed by atoms with van der Waals surface area (Å²) in [5.41, 5.74) is 0.0143. The molecule has 0 bridgehead atoms. The number of carbonyl (C=O) groups is 2. The van der Waals surface area contributed by atoms with Crippen molar-refractivity contribution in [1.82, 2.24) is 10.2 Å². The third-order valence-electron chi connectivity index (χ3n) is 4.11. The lowest BCUT2D eigenvalue weighted by Crippen LogP contribution is -2.62. The fourth-order valence-corrected chi connectivity index (χ4v) is 2.14. The van der Waals surface area contributed by atoms with Crippen LogP contribution < -0.4 is 5.32 Å². The van der Waals surface area contributed by atoms with E-state index in [1.165, 1.54) is 0 Å². The summed E-state index contributed by atoms with van der Waals surface area (Å²) in [5, 5.41) is 2.68. The maximum atomic E-state index is 12.1. The molecule has 0 saturated carbocycles. The number of hydrogen-bond acceptors (Lipinski definition) is 2. The molecule has 1 N–H and O–H groups in total. The molecule has 0 radical (unpaired) electrons. The molecule has 1 aliphatic rings. The van der Waals surface area contributed by atoms with Crippen LogP contribution in [0.3, 0.4) is 0 Å². The lowest BCUT2D eigenvalue weighted by molar-refractivity contribution is -0.149. The maximum absolute atomic E-state index is 12.1. The van der Waals surface area contributed by atoms with Crippen molar-refractivity contribution in [3.63, 3.8) is 0 Å². The fourth-order valence-electron chi connectivity index (χ4n) is 2.14. The van der Waals surface area contributed by atoms with Gasteiger partial charge < -0.3 is 10.2 Å². The molecule has 0 aliphatic carbocycles. The summed E-state index contributed by atoms with van der Waals surface area (Å²) in [6.07, 6.45) is 0. The van der Waals surface area contributed by atoms with Gasteiger partial charge >= 0.3 is 0 Å². The molecule has 1 atom stereocenters. The van der Waals surface area contributed by atoms with E-state index in [0.717, 1.165) is 0 Å². The van der Waals surface area contributed by atoms with E-state index in [2.05, 4.69) is 33.0 Å². The van der Waals surface area contributed by atoms with Crippen LogP contribution in [0.4, 0.5) is 0 Å². The van der Waals surface area contributed by atoms with E-state index < -0.39 is 0 Å². The van der Waals surface area contributed by atoms with Crippen molar-refractivity contribution in [1.29, 1.82) is 0 Å². The molecule has 0 spiro atoms. The van der Waals surface area contributed by atoms with Crippen LogP contribution in [0, 0.1) is 17.3 Å². The predicted molar refractivity (Wildman–Crippen MR) is 72.0 cm³/mol. The van der Waals surface area contributed by atoms with Gasteiger partial charge in [-0.15, -0.1) is 0 Å². The van der Waals surface area contributed by atoms with Gasteiger partial charge in [0.2, 0.25) is 11.8 Å². The van der Waals surface area contributed by atoms with Gasteiger partial charge in [-0.25, -0.2) is 0 Å². The Balaban J connectivity index is 2.94. The highest BCUT2D eigenvalue weighted by Gasteiger charge is 2.39. The average molecular weight is 254 g/mol. The van der Waals surface area contributed by atoms with Crippen LogP contribution in [-0.2, 0) is 9.59 Å². The Morgan fingerprint density at radius 2 is 1.83 bits per heavy atom.